The average Bonchev–Trinajstić information content (AvgIpc) is 3.53. The number of carbonyl (C=O) groups excluding carboxylic acids is 3. The fraction of sp³-hybridized carbons (Fsp3) is 0.500. The third-order valence-electron chi connectivity index (χ3n) is 8.25. The quantitative estimate of drug-likeness (QED) is 0.446. The van der Waals surface area contributed by atoms with Crippen LogP contribution in [-0.4, -0.2) is 81.9 Å². The third kappa shape index (κ3) is 4.74. The lowest BCUT2D eigenvalue weighted by molar-refractivity contribution is -0.153. The Morgan fingerprint density at radius 3 is 2.61 bits per heavy atom. The summed E-state index contributed by atoms with van der Waals surface area (Å²) in [7, 11) is 0. The normalized spacial score (nSPS) is 30.9. The molecule has 2 aliphatic heterocycles. The maximum Gasteiger partial charge on any atom is 0.320 e. The number of likely N-dealkylation sites (tertiary alicyclic amines) is 1. The van der Waals surface area contributed by atoms with E-state index in [0.717, 1.165) is 0 Å². The van der Waals surface area contributed by atoms with Crippen LogP contribution in [0.1, 0.15) is 31.7 Å². The molecule has 1 aromatic carbocycles. The minimum Gasteiger partial charge on any atom is -0.508 e. The number of carboxylic acid groups (broad SMARTS) is 1. The van der Waals surface area contributed by atoms with Gasteiger partial charge in [-0.05, 0) is 55.7 Å². The van der Waals surface area contributed by atoms with Crippen LogP contribution in [0.4, 0.5) is 0 Å². The molecule has 1 aromatic rings. The summed E-state index contributed by atoms with van der Waals surface area (Å²) in [5.74, 6) is -4.23. The molecule has 0 amide bonds. The Morgan fingerprint density at radius 1 is 1.18 bits per heavy atom. The number of ether oxygens (including phenoxy) is 2. The number of benzene rings is 1. The summed E-state index contributed by atoms with van der Waals surface area (Å²) in [6.45, 7) is 2.07. The second-order valence-corrected chi connectivity index (χ2v) is 10.6. The van der Waals surface area contributed by atoms with Gasteiger partial charge in [0.25, 0.3) is 0 Å². The van der Waals surface area contributed by atoms with Crippen molar-refractivity contribution in [3.63, 3.8) is 0 Å². The van der Waals surface area contributed by atoms with E-state index in [9.17, 15) is 34.5 Å². The number of carboxylic acids is 1. The second-order valence-electron chi connectivity index (χ2n) is 10.6. The van der Waals surface area contributed by atoms with Crippen LogP contribution in [0.3, 0.4) is 0 Å². The second kappa shape index (κ2) is 10.3. The van der Waals surface area contributed by atoms with E-state index >= 15 is 0 Å². The number of aliphatic carboxylic acids is 1. The topological polar surface area (TPSA) is 151 Å². The highest BCUT2D eigenvalue weighted by Crippen LogP contribution is 2.49. The van der Waals surface area contributed by atoms with Crippen LogP contribution in [0.15, 0.2) is 47.1 Å². The Kier molecular flexibility index (Phi) is 7.11. The number of ketones is 1. The smallest absolute Gasteiger partial charge is 0.320 e. The number of nitrogens with zero attached hydrogens (tertiary/aromatic N) is 1. The molecule has 10 nitrogen and oxygen atoms in total. The summed E-state index contributed by atoms with van der Waals surface area (Å²) in [6, 6.07) is 5.47. The van der Waals surface area contributed by atoms with Crippen LogP contribution in [0, 0.1) is 17.8 Å². The highest BCUT2D eigenvalue weighted by molar-refractivity contribution is 6.09. The number of hydrogen-bond acceptors (Lipinski definition) is 9. The predicted molar refractivity (Wildman–Crippen MR) is 132 cm³/mol. The average molecular weight is 526 g/mol. The number of phenols is 1. The van der Waals surface area contributed by atoms with Crippen LogP contribution in [0.2, 0.25) is 0 Å². The molecule has 3 N–H and O–H groups in total. The molecule has 0 aromatic heterocycles. The van der Waals surface area contributed by atoms with Gasteiger partial charge in [-0.15, -0.1) is 0 Å². The van der Waals surface area contributed by atoms with Gasteiger partial charge < -0.3 is 24.8 Å². The first-order valence-electron chi connectivity index (χ1n) is 12.9. The van der Waals surface area contributed by atoms with Gasteiger partial charge in [0.05, 0.1) is 18.9 Å². The van der Waals surface area contributed by atoms with E-state index in [0.29, 0.717) is 41.7 Å². The fourth-order valence-electron chi connectivity index (χ4n) is 6.55. The minimum absolute atomic E-state index is 0.0549. The maximum atomic E-state index is 13.3. The molecule has 202 valence electrons. The number of aliphatic hydroxyl groups excluding tert-OH is 1. The van der Waals surface area contributed by atoms with Gasteiger partial charge in [0.1, 0.15) is 24.0 Å². The van der Waals surface area contributed by atoms with E-state index in [1.165, 1.54) is 18.2 Å². The number of carbonyl (C=O) groups is 4. The molecule has 2 aliphatic carbocycles. The predicted octanol–water partition coefficient (Wildman–Crippen LogP) is 1.39. The first kappa shape index (κ1) is 26.1. The van der Waals surface area contributed by atoms with E-state index in [4.69, 9.17) is 9.47 Å². The highest BCUT2D eigenvalue weighted by atomic mass is 16.6. The van der Waals surface area contributed by atoms with E-state index in [1.807, 2.05) is 0 Å². The van der Waals surface area contributed by atoms with Gasteiger partial charge in [-0.3, -0.25) is 24.1 Å². The monoisotopic (exact) mass is 525 g/mol. The van der Waals surface area contributed by atoms with E-state index in [-0.39, 0.29) is 37.5 Å². The van der Waals surface area contributed by atoms with Crippen LogP contribution in [0.5, 0.6) is 5.75 Å². The molecule has 2 saturated heterocycles. The number of aromatic hydroxyl groups is 1. The molecule has 38 heavy (non-hydrogen) atoms. The molecular weight excluding hydrogens is 494 g/mol. The maximum absolute atomic E-state index is 13.3. The molecular formula is C28H31NO9. The molecule has 2 heterocycles. The molecule has 1 unspecified atom stereocenters. The van der Waals surface area contributed by atoms with Crippen LogP contribution in [0.25, 0.3) is 0 Å². The van der Waals surface area contributed by atoms with Crippen LogP contribution < -0.4 is 0 Å². The highest BCUT2D eigenvalue weighted by Gasteiger charge is 2.57. The Labute approximate surface area is 219 Å². The molecule has 10 heteroatoms. The van der Waals surface area contributed by atoms with Crippen molar-refractivity contribution in [1.29, 1.82) is 0 Å². The number of aliphatic hydroxyl groups is 1. The summed E-state index contributed by atoms with van der Waals surface area (Å²) in [5.41, 5.74) is 2.26. The Balaban J connectivity index is 1.47. The molecule has 0 radical (unpaired) electrons. The third-order valence-corrected chi connectivity index (χ3v) is 8.25. The first-order chi connectivity index (χ1) is 18.2. The van der Waals surface area contributed by atoms with Gasteiger partial charge >= 0.3 is 17.9 Å². The number of hydrogen-bond donors (Lipinski definition) is 3. The van der Waals surface area contributed by atoms with Crippen molar-refractivity contribution >= 4 is 23.7 Å². The van der Waals surface area contributed by atoms with E-state index in [1.54, 1.807) is 24.0 Å². The molecule has 4 aliphatic rings. The lowest BCUT2D eigenvalue weighted by atomic mass is 9.78. The van der Waals surface area contributed by atoms with Crippen LogP contribution >= 0.6 is 0 Å². The van der Waals surface area contributed by atoms with Crippen molar-refractivity contribution in [3.8, 4) is 5.75 Å². The summed E-state index contributed by atoms with van der Waals surface area (Å²) in [4.78, 5) is 52.8. The van der Waals surface area contributed by atoms with E-state index < -0.39 is 53.9 Å². The molecule has 0 saturated carbocycles. The fourth-order valence-corrected chi connectivity index (χ4v) is 6.55. The largest absolute Gasteiger partial charge is 0.508 e. The summed E-state index contributed by atoms with van der Waals surface area (Å²) < 4.78 is 11.9. The zero-order valence-corrected chi connectivity index (χ0v) is 21.0. The van der Waals surface area contributed by atoms with Crippen molar-refractivity contribution in [2.75, 3.05) is 19.7 Å². The van der Waals surface area contributed by atoms with Crippen LogP contribution in [-0.2, 0) is 35.1 Å². The lowest BCUT2D eigenvalue weighted by Gasteiger charge is -2.32. The number of fused-ring (bicyclic) bond motifs is 3. The summed E-state index contributed by atoms with van der Waals surface area (Å²) in [6.07, 6.45) is 1.09. The number of esters is 2. The van der Waals surface area contributed by atoms with Gasteiger partial charge in [-0.2, -0.15) is 0 Å². The zero-order chi connectivity index (χ0) is 27.1. The molecule has 0 spiro atoms. The standard InChI is InChI=1S/C28H31NO9/c1-14-9-21(37-22(33)10-15-4-6-17(31)7-5-15)25-18(12-29-8-2-3-19(29)27(34)35)28(36)38-26(25)24-16(13-30)11-20(32)23(14)24/h4-7,11,18-19,21,24-26,30-31H,2-3,8-10,12-13H2,1H3,(H,34,35)/t18-,19?,21-,24-,25+,26+/m0/s1. The Morgan fingerprint density at radius 2 is 1.92 bits per heavy atom. The zero-order valence-electron chi connectivity index (χ0n) is 21.0. The van der Waals surface area contributed by atoms with Gasteiger partial charge in [-0.25, -0.2) is 0 Å². The Hall–Kier alpha value is -3.50. The molecule has 5 rings (SSSR count). The van der Waals surface area contributed by atoms with Gasteiger partial charge in [-0.1, -0.05) is 17.7 Å². The summed E-state index contributed by atoms with van der Waals surface area (Å²) >= 11 is 0. The van der Waals surface area contributed by atoms with Crippen molar-refractivity contribution in [2.45, 2.75) is 50.9 Å². The first-order valence-corrected chi connectivity index (χ1v) is 12.9. The van der Waals surface area contributed by atoms with Gasteiger partial charge in [0, 0.05) is 30.4 Å². The van der Waals surface area contributed by atoms with Crippen molar-refractivity contribution in [2.24, 2.45) is 17.8 Å². The minimum atomic E-state index is -0.949. The molecule has 0 bridgehead atoms. The lowest BCUT2D eigenvalue weighted by Crippen LogP contribution is -2.45. The SMILES string of the molecule is CC1=C2C(=O)C=C(CO)[C@@H]2[C@H]2OC(=O)[C@@H](CN3CCCC3C(=O)O)[C@@H]2[C@@H](OC(=O)Cc2ccc(O)cc2)C1. The van der Waals surface area contributed by atoms with Gasteiger partial charge in [0.2, 0.25) is 0 Å². The van der Waals surface area contributed by atoms with E-state index in [2.05, 4.69) is 0 Å². The number of rotatable bonds is 7. The van der Waals surface area contributed by atoms with Crippen molar-refractivity contribution in [3.05, 3.63) is 52.6 Å². The molecule has 2 fully saturated rings. The number of phenolic OH excluding ortho intramolecular Hbond substituents is 1. The molecule has 6 atom stereocenters. The van der Waals surface area contributed by atoms with Gasteiger partial charge in [0.15, 0.2) is 5.78 Å². The summed E-state index contributed by atoms with van der Waals surface area (Å²) in [5, 5.41) is 29.2. The van der Waals surface area contributed by atoms with Crippen molar-refractivity contribution < 1.29 is 44.0 Å². The number of allylic oxidation sites excluding steroid dienone is 1. The van der Waals surface area contributed by atoms with Crippen molar-refractivity contribution in [1.82, 2.24) is 4.90 Å². The Bertz CT molecular complexity index is 1220.